The highest BCUT2D eigenvalue weighted by atomic mass is 16.2. The second-order valence-corrected chi connectivity index (χ2v) is 4.58. The maximum absolute atomic E-state index is 11.9. The molecule has 1 aliphatic heterocycles. The van der Waals surface area contributed by atoms with E-state index in [2.05, 4.69) is 19.2 Å². The van der Waals surface area contributed by atoms with E-state index >= 15 is 0 Å². The highest BCUT2D eigenvalue weighted by Crippen LogP contribution is 2.19. The van der Waals surface area contributed by atoms with Crippen molar-refractivity contribution in [1.82, 2.24) is 5.32 Å². The number of urea groups is 1. The molecule has 16 heavy (non-hydrogen) atoms. The number of benzene rings is 1. The summed E-state index contributed by atoms with van der Waals surface area (Å²) in [6.07, 6.45) is 1.01. The summed E-state index contributed by atoms with van der Waals surface area (Å²) in [5, 5.41) is 3.05. The van der Waals surface area contributed by atoms with Crippen molar-refractivity contribution in [3.63, 3.8) is 0 Å². The number of hydrogen-bond acceptors (Lipinski definition) is 1. The van der Waals surface area contributed by atoms with Crippen molar-refractivity contribution in [1.29, 1.82) is 0 Å². The Labute approximate surface area is 96.5 Å². The van der Waals surface area contributed by atoms with Crippen molar-refractivity contribution in [2.24, 2.45) is 5.92 Å². The number of carbonyl (C=O) groups is 1. The van der Waals surface area contributed by atoms with Crippen LogP contribution < -0.4 is 10.2 Å². The molecule has 0 saturated carbocycles. The van der Waals surface area contributed by atoms with Crippen LogP contribution in [0.2, 0.25) is 0 Å². The SMILES string of the molecule is CC(C)[C@@H]1CCN(c2ccccc2)C(=O)N1. The van der Waals surface area contributed by atoms with E-state index in [0.717, 1.165) is 18.7 Å². The van der Waals surface area contributed by atoms with Crippen LogP contribution in [0.1, 0.15) is 20.3 Å². The molecule has 1 aromatic rings. The van der Waals surface area contributed by atoms with Gasteiger partial charge in [0.1, 0.15) is 0 Å². The summed E-state index contributed by atoms with van der Waals surface area (Å²) in [7, 11) is 0. The lowest BCUT2D eigenvalue weighted by Crippen LogP contribution is -2.53. The topological polar surface area (TPSA) is 32.3 Å². The maximum Gasteiger partial charge on any atom is 0.322 e. The molecule has 0 aromatic heterocycles. The molecule has 2 amide bonds. The monoisotopic (exact) mass is 218 g/mol. The molecule has 2 rings (SSSR count). The minimum atomic E-state index is 0.0242. The molecule has 3 nitrogen and oxygen atoms in total. The van der Waals surface area contributed by atoms with Crippen molar-refractivity contribution in [3.8, 4) is 0 Å². The maximum atomic E-state index is 11.9. The number of hydrogen-bond donors (Lipinski definition) is 1. The number of para-hydroxylation sites is 1. The number of carbonyl (C=O) groups excluding carboxylic acids is 1. The largest absolute Gasteiger partial charge is 0.335 e. The lowest BCUT2D eigenvalue weighted by molar-refractivity contribution is 0.229. The standard InChI is InChI=1S/C13H18N2O/c1-10(2)12-8-9-15(13(16)14-12)11-6-4-3-5-7-11/h3-7,10,12H,8-9H2,1-2H3,(H,14,16)/t12-/m0/s1. The van der Waals surface area contributed by atoms with Gasteiger partial charge in [0, 0.05) is 18.3 Å². The number of nitrogens with one attached hydrogen (secondary N) is 1. The number of rotatable bonds is 2. The van der Waals surface area contributed by atoms with Gasteiger partial charge in [0.2, 0.25) is 0 Å². The Morgan fingerprint density at radius 1 is 1.31 bits per heavy atom. The van der Waals surface area contributed by atoms with Gasteiger partial charge in [-0.05, 0) is 24.5 Å². The third-order valence-corrected chi connectivity index (χ3v) is 3.09. The van der Waals surface area contributed by atoms with Crippen molar-refractivity contribution in [2.75, 3.05) is 11.4 Å². The summed E-state index contributed by atoms with van der Waals surface area (Å²) in [6.45, 7) is 5.09. The Kier molecular flexibility index (Phi) is 3.13. The second kappa shape index (κ2) is 4.56. The zero-order chi connectivity index (χ0) is 11.5. The molecule has 1 saturated heterocycles. The van der Waals surface area contributed by atoms with Crippen LogP contribution in [0.25, 0.3) is 0 Å². The smallest absolute Gasteiger partial charge is 0.322 e. The van der Waals surface area contributed by atoms with Crippen LogP contribution in [0.3, 0.4) is 0 Å². The predicted molar refractivity (Wildman–Crippen MR) is 65.6 cm³/mol. The van der Waals surface area contributed by atoms with Crippen molar-refractivity contribution < 1.29 is 4.79 Å². The summed E-state index contributed by atoms with van der Waals surface area (Å²) in [4.78, 5) is 13.7. The van der Waals surface area contributed by atoms with Gasteiger partial charge in [0.15, 0.2) is 0 Å². The van der Waals surface area contributed by atoms with Gasteiger partial charge in [-0.2, -0.15) is 0 Å². The minimum Gasteiger partial charge on any atom is -0.335 e. The summed E-state index contributed by atoms with van der Waals surface area (Å²) >= 11 is 0. The zero-order valence-electron chi connectivity index (χ0n) is 9.81. The van der Waals surface area contributed by atoms with Crippen molar-refractivity contribution in [3.05, 3.63) is 30.3 Å². The number of anilines is 1. The van der Waals surface area contributed by atoms with Gasteiger partial charge in [-0.3, -0.25) is 4.90 Å². The lowest BCUT2D eigenvalue weighted by Gasteiger charge is -2.34. The Hall–Kier alpha value is -1.51. The first-order valence-electron chi connectivity index (χ1n) is 5.81. The first kappa shape index (κ1) is 11.0. The van der Waals surface area contributed by atoms with Crippen LogP contribution in [-0.4, -0.2) is 18.6 Å². The second-order valence-electron chi connectivity index (χ2n) is 4.58. The summed E-state index contributed by atoms with van der Waals surface area (Å²) in [5.41, 5.74) is 0.974. The average molecular weight is 218 g/mol. The van der Waals surface area contributed by atoms with E-state index in [9.17, 15) is 4.79 Å². The van der Waals surface area contributed by atoms with Crippen molar-refractivity contribution in [2.45, 2.75) is 26.3 Å². The first-order valence-corrected chi connectivity index (χ1v) is 5.81. The lowest BCUT2D eigenvalue weighted by atomic mass is 9.99. The summed E-state index contributed by atoms with van der Waals surface area (Å²) in [5.74, 6) is 0.502. The van der Waals surface area contributed by atoms with Gasteiger partial charge in [0.05, 0.1) is 0 Å². The quantitative estimate of drug-likeness (QED) is 0.813. The molecule has 0 radical (unpaired) electrons. The third kappa shape index (κ3) is 2.18. The fraction of sp³-hybridized carbons (Fsp3) is 0.462. The van der Waals surface area contributed by atoms with E-state index in [1.54, 1.807) is 4.90 Å². The molecule has 3 heteroatoms. The summed E-state index contributed by atoms with van der Waals surface area (Å²) < 4.78 is 0. The van der Waals surface area contributed by atoms with Gasteiger partial charge in [-0.15, -0.1) is 0 Å². The fourth-order valence-electron chi connectivity index (χ4n) is 2.03. The van der Waals surface area contributed by atoms with Crippen LogP contribution in [0.5, 0.6) is 0 Å². The molecule has 1 fully saturated rings. The highest BCUT2D eigenvalue weighted by molar-refractivity contribution is 5.92. The molecule has 0 aliphatic carbocycles. The molecule has 1 atom stereocenters. The van der Waals surface area contributed by atoms with E-state index in [-0.39, 0.29) is 6.03 Å². The van der Waals surface area contributed by atoms with Crippen LogP contribution in [0.15, 0.2) is 30.3 Å². The molecule has 0 unspecified atom stereocenters. The Morgan fingerprint density at radius 3 is 2.56 bits per heavy atom. The normalized spacial score (nSPS) is 21.1. The molecule has 1 aromatic carbocycles. The van der Waals surface area contributed by atoms with Crippen LogP contribution >= 0.6 is 0 Å². The Bertz CT molecular complexity index is 361. The van der Waals surface area contributed by atoms with Gasteiger partial charge in [-0.25, -0.2) is 4.79 Å². The van der Waals surface area contributed by atoms with E-state index in [0.29, 0.717) is 12.0 Å². The van der Waals surface area contributed by atoms with Gasteiger partial charge < -0.3 is 5.32 Å². The average Bonchev–Trinajstić information content (AvgIpc) is 2.30. The van der Waals surface area contributed by atoms with Crippen LogP contribution in [0.4, 0.5) is 10.5 Å². The predicted octanol–water partition coefficient (Wildman–Crippen LogP) is 2.63. The van der Waals surface area contributed by atoms with Crippen LogP contribution in [0, 0.1) is 5.92 Å². The molecule has 1 N–H and O–H groups in total. The van der Waals surface area contributed by atoms with Crippen molar-refractivity contribution >= 4 is 11.7 Å². The molecule has 0 spiro atoms. The zero-order valence-corrected chi connectivity index (χ0v) is 9.81. The molecular weight excluding hydrogens is 200 g/mol. The third-order valence-electron chi connectivity index (χ3n) is 3.09. The Morgan fingerprint density at radius 2 is 2.00 bits per heavy atom. The van der Waals surface area contributed by atoms with Crippen LogP contribution in [-0.2, 0) is 0 Å². The number of nitrogens with zero attached hydrogens (tertiary/aromatic N) is 1. The number of amides is 2. The van der Waals surface area contributed by atoms with Gasteiger partial charge in [-0.1, -0.05) is 32.0 Å². The minimum absolute atomic E-state index is 0.0242. The van der Waals surface area contributed by atoms with Gasteiger partial charge >= 0.3 is 6.03 Å². The van der Waals surface area contributed by atoms with E-state index in [4.69, 9.17) is 0 Å². The first-order chi connectivity index (χ1) is 7.68. The van der Waals surface area contributed by atoms with E-state index in [1.165, 1.54) is 0 Å². The molecule has 86 valence electrons. The molecule has 1 heterocycles. The Balaban J connectivity index is 2.08. The fourth-order valence-corrected chi connectivity index (χ4v) is 2.03. The molecule has 1 aliphatic rings. The highest BCUT2D eigenvalue weighted by Gasteiger charge is 2.27. The van der Waals surface area contributed by atoms with E-state index < -0.39 is 0 Å². The van der Waals surface area contributed by atoms with E-state index in [1.807, 2.05) is 30.3 Å². The molecular formula is C13H18N2O. The summed E-state index contributed by atoms with van der Waals surface area (Å²) in [6, 6.07) is 10.1. The molecule has 0 bridgehead atoms. The van der Waals surface area contributed by atoms with Gasteiger partial charge in [0.25, 0.3) is 0 Å².